The molecule has 5 rings (SSSR count). The summed E-state index contributed by atoms with van der Waals surface area (Å²) in [6, 6.07) is 8.80. The van der Waals surface area contributed by atoms with Gasteiger partial charge in [-0.2, -0.15) is 5.10 Å². The van der Waals surface area contributed by atoms with Crippen LogP contribution < -0.4 is 0 Å². The van der Waals surface area contributed by atoms with Crippen molar-refractivity contribution in [3.8, 4) is 10.6 Å². The molecular formula is C21H15F2N5OS2. The smallest absolute Gasteiger partial charge is 0.163 e. The lowest BCUT2D eigenvalue weighted by atomic mass is 9.93. The summed E-state index contributed by atoms with van der Waals surface area (Å²) in [5.74, 6) is -1.59. The molecule has 6 nitrogen and oxygen atoms in total. The molecule has 1 unspecified atom stereocenters. The number of aliphatic hydroxyl groups is 1. The van der Waals surface area contributed by atoms with Crippen molar-refractivity contribution in [3.05, 3.63) is 82.3 Å². The van der Waals surface area contributed by atoms with E-state index in [1.807, 2.05) is 30.5 Å². The van der Waals surface area contributed by atoms with Crippen molar-refractivity contribution in [2.75, 3.05) is 0 Å². The Labute approximate surface area is 183 Å². The molecule has 156 valence electrons. The van der Waals surface area contributed by atoms with E-state index in [9.17, 15) is 13.9 Å². The molecular weight excluding hydrogens is 440 g/mol. The second-order valence-electron chi connectivity index (χ2n) is 7.07. The van der Waals surface area contributed by atoms with Gasteiger partial charge in [0, 0.05) is 28.3 Å². The van der Waals surface area contributed by atoms with Crippen molar-refractivity contribution in [1.29, 1.82) is 0 Å². The maximum Gasteiger partial charge on any atom is 0.163 e. The summed E-state index contributed by atoms with van der Waals surface area (Å²) >= 11 is 2.79. The first-order valence-electron chi connectivity index (χ1n) is 9.26. The monoisotopic (exact) mass is 455 g/mol. The topological polar surface area (TPSA) is 76.7 Å². The van der Waals surface area contributed by atoms with Gasteiger partial charge in [-0.25, -0.2) is 28.4 Å². The Morgan fingerprint density at radius 1 is 1.13 bits per heavy atom. The van der Waals surface area contributed by atoms with Gasteiger partial charge >= 0.3 is 0 Å². The van der Waals surface area contributed by atoms with Crippen LogP contribution in [-0.4, -0.2) is 29.8 Å². The van der Waals surface area contributed by atoms with Gasteiger partial charge in [-0.15, -0.1) is 22.7 Å². The molecule has 0 saturated heterocycles. The predicted octanol–water partition coefficient (Wildman–Crippen LogP) is 4.53. The minimum atomic E-state index is -1.87. The van der Waals surface area contributed by atoms with Gasteiger partial charge in [0.25, 0.3) is 0 Å². The van der Waals surface area contributed by atoms with Gasteiger partial charge in [0.1, 0.15) is 34.3 Å². The van der Waals surface area contributed by atoms with E-state index in [1.165, 1.54) is 34.7 Å². The highest BCUT2D eigenvalue weighted by molar-refractivity contribution is 7.18. The molecule has 3 aromatic heterocycles. The molecule has 0 spiro atoms. The second-order valence-corrected chi connectivity index (χ2v) is 8.96. The number of halogens is 2. The summed E-state index contributed by atoms with van der Waals surface area (Å²) in [7, 11) is 0. The van der Waals surface area contributed by atoms with Gasteiger partial charge in [-0.3, -0.25) is 0 Å². The Balaban J connectivity index is 1.64. The van der Waals surface area contributed by atoms with Gasteiger partial charge in [0.2, 0.25) is 0 Å². The zero-order valence-electron chi connectivity index (χ0n) is 16.2. The highest BCUT2D eigenvalue weighted by Crippen LogP contribution is 2.39. The summed E-state index contributed by atoms with van der Waals surface area (Å²) in [5, 5.41) is 18.8. The van der Waals surface area contributed by atoms with Crippen LogP contribution in [0.3, 0.4) is 0 Å². The van der Waals surface area contributed by atoms with E-state index in [1.54, 1.807) is 11.3 Å². The van der Waals surface area contributed by atoms with E-state index in [-0.39, 0.29) is 17.1 Å². The Bertz CT molecular complexity index is 1380. The zero-order valence-corrected chi connectivity index (χ0v) is 17.8. The first kappa shape index (κ1) is 19.9. The minimum absolute atomic E-state index is 0.0840. The number of aromatic nitrogens is 5. The molecule has 0 radical (unpaired) electrons. The third-order valence-electron chi connectivity index (χ3n) is 4.84. The van der Waals surface area contributed by atoms with Gasteiger partial charge in [0.15, 0.2) is 5.60 Å². The normalized spacial score (nSPS) is 13.5. The average molecular weight is 456 g/mol. The van der Waals surface area contributed by atoms with E-state index in [0.29, 0.717) is 5.52 Å². The minimum Gasteiger partial charge on any atom is -0.376 e. The van der Waals surface area contributed by atoms with Gasteiger partial charge in [-0.1, -0.05) is 0 Å². The third-order valence-corrected chi connectivity index (χ3v) is 7.02. The maximum atomic E-state index is 14.7. The molecule has 1 N–H and O–H groups in total. The molecule has 0 aliphatic heterocycles. The summed E-state index contributed by atoms with van der Waals surface area (Å²) in [4.78, 5) is 13.0. The Kier molecular flexibility index (Phi) is 4.84. The van der Waals surface area contributed by atoms with Crippen LogP contribution in [0.15, 0.2) is 54.4 Å². The van der Waals surface area contributed by atoms with Gasteiger partial charge in [-0.05, 0) is 37.3 Å². The van der Waals surface area contributed by atoms with Gasteiger partial charge in [0.05, 0.1) is 16.8 Å². The van der Waals surface area contributed by atoms with Crippen LogP contribution in [0.5, 0.6) is 0 Å². The van der Waals surface area contributed by atoms with Crippen molar-refractivity contribution in [2.45, 2.75) is 19.1 Å². The van der Waals surface area contributed by atoms with E-state index in [0.717, 1.165) is 33.1 Å². The number of benzene rings is 2. The number of aryl methyl sites for hydroxylation is 1. The van der Waals surface area contributed by atoms with Crippen LogP contribution in [-0.2, 0) is 12.1 Å². The van der Waals surface area contributed by atoms with Crippen molar-refractivity contribution in [1.82, 2.24) is 24.7 Å². The fourth-order valence-electron chi connectivity index (χ4n) is 3.36. The average Bonchev–Trinajstić information content (AvgIpc) is 3.47. The van der Waals surface area contributed by atoms with Crippen molar-refractivity contribution in [2.24, 2.45) is 0 Å². The fourth-order valence-corrected chi connectivity index (χ4v) is 5.26. The molecule has 10 heteroatoms. The number of fused-ring (bicyclic) bond motifs is 1. The van der Waals surface area contributed by atoms with Crippen LogP contribution >= 0.6 is 22.7 Å². The summed E-state index contributed by atoms with van der Waals surface area (Å²) in [6.07, 6.45) is 2.74. The summed E-state index contributed by atoms with van der Waals surface area (Å²) < 4.78 is 30.5. The van der Waals surface area contributed by atoms with Gasteiger partial charge < -0.3 is 5.11 Å². The first-order valence-corrected chi connectivity index (χ1v) is 11.0. The van der Waals surface area contributed by atoms with Crippen LogP contribution in [0, 0.1) is 18.6 Å². The lowest BCUT2D eigenvalue weighted by Gasteiger charge is -2.26. The zero-order chi connectivity index (χ0) is 21.6. The van der Waals surface area contributed by atoms with Crippen LogP contribution in [0.4, 0.5) is 8.78 Å². The Hall–Kier alpha value is -3.08. The standard InChI is InChI=1S/C21H15F2N5OS2/c1-12-8-30-19(26-12)13-2-5-17-18(6-13)31-20(27-17)21(29,9-28-11-24-10-25-28)15-4-3-14(22)7-16(15)23/h2-8,10-11,29H,9H2,1H3. The lowest BCUT2D eigenvalue weighted by molar-refractivity contribution is 0.0534. The highest BCUT2D eigenvalue weighted by Gasteiger charge is 2.38. The first-order chi connectivity index (χ1) is 14.9. The molecule has 31 heavy (non-hydrogen) atoms. The molecule has 0 saturated carbocycles. The van der Waals surface area contributed by atoms with E-state index in [4.69, 9.17) is 0 Å². The SMILES string of the molecule is Cc1csc(-c2ccc3nc(C(O)(Cn4cncn4)c4ccc(F)cc4F)sc3c2)n1. The Morgan fingerprint density at radius 3 is 2.71 bits per heavy atom. The molecule has 1 atom stereocenters. The van der Waals surface area contributed by atoms with Crippen LogP contribution in [0.25, 0.3) is 20.8 Å². The second kappa shape index (κ2) is 7.56. The van der Waals surface area contributed by atoms with Crippen LogP contribution in [0.1, 0.15) is 16.3 Å². The lowest BCUT2D eigenvalue weighted by Crippen LogP contribution is -2.34. The molecule has 0 aliphatic rings. The molecule has 0 bridgehead atoms. The number of hydrogen-bond acceptors (Lipinski definition) is 7. The van der Waals surface area contributed by atoms with E-state index in [2.05, 4.69) is 20.1 Å². The predicted molar refractivity (Wildman–Crippen MR) is 115 cm³/mol. The number of hydrogen-bond donors (Lipinski definition) is 1. The number of nitrogens with zero attached hydrogens (tertiary/aromatic N) is 5. The molecule has 2 aromatic carbocycles. The largest absolute Gasteiger partial charge is 0.376 e. The summed E-state index contributed by atoms with van der Waals surface area (Å²) in [6.45, 7) is 1.80. The maximum absolute atomic E-state index is 14.7. The molecule has 0 amide bonds. The third kappa shape index (κ3) is 3.62. The quantitative estimate of drug-likeness (QED) is 0.421. The van der Waals surface area contributed by atoms with E-state index < -0.39 is 17.2 Å². The number of thiazole rings is 2. The highest BCUT2D eigenvalue weighted by atomic mass is 32.1. The van der Waals surface area contributed by atoms with Crippen molar-refractivity contribution in [3.63, 3.8) is 0 Å². The van der Waals surface area contributed by atoms with Crippen LogP contribution in [0.2, 0.25) is 0 Å². The molecule has 5 aromatic rings. The molecule has 3 heterocycles. The van der Waals surface area contributed by atoms with E-state index >= 15 is 0 Å². The Morgan fingerprint density at radius 2 is 2.00 bits per heavy atom. The fraction of sp³-hybridized carbons (Fsp3) is 0.143. The van der Waals surface area contributed by atoms with Crippen molar-refractivity contribution < 1.29 is 13.9 Å². The number of rotatable bonds is 5. The molecule has 0 fully saturated rings. The molecule has 0 aliphatic carbocycles. The van der Waals surface area contributed by atoms with Crippen molar-refractivity contribution >= 4 is 32.9 Å². The summed E-state index contributed by atoms with van der Waals surface area (Å²) in [5.41, 5.74) is 0.594.